The topological polar surface area (TPSA) is 90.3 Å². The lowest BCUT2D eigenvalue weighted by Crippen LogP contribution is -2.42. The van der Waals surface area contributed by atoms with Crippen LogP contribution in [0.1, 0.15) is 31.0 Å². The van der Waals surface area contributed by atoms with Crippen molar-refractivity contribution >= 4 is 11.9 Å². The summed E-state index contributed by atoms with van der Waals surface area (Å²) in [6.45, 7) is 1.32. The molecule has 1 amide bonds. The van der Waals surface area contributed by atoms with Gasteiger partial charge in [0.05, 0.1) is 12.8 Å². The normalized spacial score (nSPS) is 15.0. The van der Waals surface area contributed by atoms with Gasteiger partial charge in [-0.1, -0.05) is 0 Å². The highest BCUT2D eigenvalue weighted by Crippen LogP contribution is 2.16. The zero-order chi connectivity index (χ0) is 15.4. The van der Waals surface area contributed by atoms with Crippen molar-refractivity contribution in [1.82, 2.24) is 15.1 Å². The molecule has 0 saturated heterocycles. The molecule has 0 aliphatic heterocycles. The lowest BCUT2D eigenvalue weighted by molar-refractivity contribution is -0.144. The monoisotopic (exact) mass is 293 g/mol. The van der Waals surface area contributed by atoms with Crippen molar-refractivity contribution < 1.29 is 14.3 Å². The third-order valence-corrected chi connectivity index (χ3v) is 3.50. The van der Waals surface area contributed by atoms with E-state index >= 15 is 0 Å². The first-order chi connectivity index (χ1) is 10.0. The van der Waals surface area contributed by atoms with E-state index in [1.54, 1.807) is 6.07 Å². The smallest absolute Gasteiger partial charge is 0.328 e. The first-order valence-corrected chi connectivity index (χ1v) is 6.98. The minimum atomic E-state index is -0.754. The van der Waals surface area contributed by atoms with Crippen molar-refractivity contribution in [2.45, 2.75) is 45.2 Å². The maximum Gasteiger partial charge on any atom is 0.328 e. The van der Waals surface area contributed by atoms with Gasteiger partial charge in [0, 0.05) is 6.07 Å². The molecule has 1 aromatic rings. The van der Waals surface area contributed by atoms with Gasteiger partial charge in [0.25, 0.3) is 5.56 Å². The van der Waals surface area contributed by atoms with Crippen molar-refractivity contribution in [1.29, 1.82) is 0 Å². The Balaban J connectivity index is 2.07. The number of rotatable bonds is 4. The SMILES string of the molecule is COC(=O)C(C)NC(=O)Cn1nc2c(cc1=O)CCCC2. The van der Waals surface area contributed by atoms with Crippen LogP contribution in [0.4, 0.5) is 0 Å². The van der Waals surface area contributed by atoms with Crippen LogP contribution in [0.3, 0.4) is 0 Å². The van der Waals surface area contributed by atoms with Crippen LogP contribution >= 0.6 is 0 Å². The van der Waals surface area contributed by atoms with Crippen molar-refractivity contribution in [3.05, 3.63) is 27.7 Å². The summed E-state index contributed by atoms with van der Waals surface area (Å²) in [5.74, 6) is -0.979. The van der Waals surface area contributed by atoms with E-state index in [1.165, 1.54) is 14.0 Å². The van der Waals surface area contributed by atoms with E-state index in [-0.39, 0.29) is 12.1 Å². The summed E-state index contributed by atoms with van der Waals surface area (Å²) in [4.78, 5) is 35.0. The van der Waals surface area contributed by atoms with E-state index in [0.717, 1.165) is 41.6 Å². The molecule has 0 bridgehead atoms. The van der Waals surface area contributed by atoms with Gasteiger partial charge in [-0.25, -0.2) is 9.48 Å². The number of nitrogens with one attached hydrogen (secondary N) is 1. The summed E-state index contributed by atoms with van der Waals surface area (Å²) in [7, 11) is 1.25. The summed E-state index contributed by atoms with van der Waals surface area (Å²) in [6, 6.07) is 0.800. The Hall–Kier alpha value is -2.18. The molecular formula is C14H19N3O4. The molecule has 0 fully saturated rings. The van der Waals surface area contributed by atoms with Gasteiger partial charge in [0.1, 0.15) is 12.6 Å². The highest BCUT2D eigenvalue weighted by molar-refractivity contribution is 5.83. The Labute approximate surface area is 122 Å². The first-order valence-electron chi connectivity index (χ1n) is 6.98. The number of aryl methyl sites for hydroxylation is 2. The lowest BCUT2D eigenvalue weighted by atomic mass is 9.97. The zero-order valence-corrected chi connectivity index (χ0v) is 12.2. The molecule has 1 aromatic heterocycles. The Morgan fingerprint density at radius 1 is 1.43 bits per heavy atom. The minimum Gasteiger partial charge on any atom is -0.467 e. The molecule has 1 heterocycles. The lowest BCUT2D eigenvalue weighted by Gasteiger charge is -2.16. The van der Waals surface area contributed by atoms with Crippen LogP contribution in [-0.4, -0.2) is 34.8 Å². The predicted molar refractivity (Wildman–Crippen MR) is 74.8 cm³/mol. The molecular weight excluding hydrogens is 274 g/mol. The van der Waals surface area contributed by atoms with Crippen LogP contribution in [0.25, 0.3) is 0 Å². The van der Waals surface area contributed by atoms with Crippen LogP contribution < -0.4 is 10.9 Å². The molecule has 0 radical (unpaired) electrons. The molecule has 7 nitrogen and oxygen atoms in total. The van der Waals surface area contributed by atoms with Crippen molar-refractivity contribution in [2.75, 3.05) is 7.11 Å². The Morgan fingerprint density at radius 3 is 2.86 bits per heavy atom. The van der Waals surface area contributed by atoms with Crippen molar-refractivity contribution in [3.8, 4) is 0 Å². The molecule has 1 unspecified atom stereocenters. The number of carbonyl (C=O) groups is 2. The average molecular weight is 293 g/mol. The summed E-state index contributed by atoms with van der Waals surface area (Å²) in [6.07, 6.45) is 3.80. The number of methoxy groups -OCH3 is 1. The molecule has 1 atom stereocenters. The van der Waals surface area contributed by atoms with E-state index in [1.807, 2.05) is 0 Å². The standard InChI is InChI=1S/C14H19N3O4/c1-9(14(20)21-2)15-12(18)8-17-13(19)7-10-5-3-4-6-11(10)16-17/h7,9H,3-6,8H2,1-2H3,(H,15,18). The summed E-state index contributed by atoms with van der Waals surface area (Å²) in [5.41, 5.74) is 1.57. The van der Waals surface area contributed by atoms with Crippen molar-refractivity contribution in [2.24, 2.45) is 0 Å². The molecule has 1 aliphatic carbocycles. The highest BCUT2D eigenvalue weighted by Gasteiger charge is 2.18. The third-order valence-electron chi connectivity index (χ3n) is 3.50. The van der Waals surface area contributed by atoms with Crippen LogP contribution in [-0.2, 0) is 33.7 Å². The number of fused-ring (bicyclic) bond motifs is 1. The molecule has 0 saturated carbocycles. The molecule has 0 spiro atoms. The highest BCUT2D eigenvalue weighted by atomic mass is 16.5. The van der Waals surface area contributed by atoms with Crippen LogP contribution in [0.15, 0.2) is 10.9 Å². The average Bonchev–Trinajstić information content (AvgIpc) is 2.47. The zero-order valence-electron chi connectivity index (χ0n) is 12.2. The van der Waals surface area contributed by atoms with Crippen molar-refractivity contribution in [3.63, 3.8) is 0 Å². The fourth-order valence-electron chi connectivity index (χ4n) is 2.37. The van der Waals surface area contributed by atoms with Gasteiger partial charge in [0.15, 0.2) is 0 Å². The largest absolute Gasteiger partial charge is 0.467 e. The fraction of sp³-hybridized carbons (Fsp3) is 0.571. The van der Waals surface area contributed by atoms with Gasteiger partial charge in [-0.15, -0.1) is 0 Å². The second-order valence-electron chi connectivity index (χ2n) is 5.13. The third kappa shape index (κ3) is 3.68. The molecule has 114 valence electrons. The molecule has 2 rings (SSSR count). The quantitative estimate of drug-likeness (QED) is 0.776. The Kier molecular flexibility index (Phi) is 4.72. The Morgan fingerprint density at radius 2 is 2.14 bits per heavy atom. The van der Waals surface area contributed by atoms with Gasteiger partial charge in [-0.05, 0) is 38.2 Å². The Bertz CT molecular complexity index is 609. The van der Waals surface area contributed by atoms with Gasteiger partial charge in [-0.2, -0.15) is 5.10 Å². The molecule has 7 heteroatoms. The van der Waals surface area contributed by atoms with E-state index in [9.17, 15) is 14.4 Å². The van der Waals surface area contributed by atoms with Gasteiger partial charge in [-0.3, -0.25) is 9.59 Å². The molecule has 21 heavy (non-hydrogen) atoms. The number of hydrogen-bond donors (Lipinski definition) is 1. The van der Waals surface area contributed by atoms with Gasteiger partial charge < -0.3 is 10.1 Å². The van der Waals surface area contributed by atoms with Crippen LogP contribution in [0, 0.1) is 0 Å². The van der Waals surface area contributed by atoms with E-state index in [4.69, 9.17) is 0 Å². The van der Waals surface area contributed by atoms with E-state index in [2.05, 4.69) is 15.2 Å². The van der Waals surface area contributed by atoms with E-state index in [0.29, 0.717) is 0 Å². The second-order valence-corrected chi connectivity index (χ2v) is 5.13. The summed E-state index contributed by atoms with van der Waals surface area (Å²) < 4.78 is 5.67. The summed E-state index contributed by atoms with van der Waals surface area (Å²) in [5, 5.41) is 6.73. The number of nitrogens with zero attached hydrogens (tertiary/aromatic N) is 2. The second kappa shape index (κ2) is 6.51. The first kappa shape index (κ1) is 15.2. The summed E-state index contributed by atoms with van der Waals surface area (Å²) >= 11 is 0. The van der Waals surface area contributed by atoms with Gasteiger partial charge >= 0.3 is 5.97 Å². The van der Waals surface area contributed by atoms with Crippen LogP contribution in [0.5, 0.6) is 0 Å². The van der Waals surface area contributed by atoms with Crippen LogP contribution in [0.2, 0.25) is 0 Å². The van der Waals surface area contributed by atoms with Gasteiger partial charge in [0.2, 0.25) is 5.91 Å². The fourth-order valence-corrected chi connectivity index (χ4v) is 2.37. The molecule has 1 aliphatic rings. The molecule has 0 aromatic carbocycles. The molecule has 1 N–H and O–H groups in total. The van der Waals surface area contributed by atoms with E-state index < -0.39 is 17.9 Å². The number of hydrogen-bond acceptors (Lipinski definition) is 5. The number of amides is 1. The number of aromatic nitrogens is 2. The minimum absolute atomic E-state index is 0.201. The predicted octanol–water partition coefficient (Wildman–Crippen LogP) is -0.200. The maximum atomic E-state index is 11.9. The number of esters is 1. The number of carbonyl (C=O) groups excluding carboxylic acids is 2. The maximum absolute atomic E-state index is 11.9. The number of ether oxygens (including phenoxy) is 1.